The van der Waals surface area contributed by atoms with Crippen molar-refractivity contribution in [1.82, 2.24) is 20.5 Å². The van der Waals surface area contributed by atoms with Gasteiger partial charge in [0, 0.05) is 31.4 Å². The second-order valence-electron chi connectivity index (χ2n) is 21.0. The molecule has 2 fully saturated rings. The third-order valence-corrected chi connectivity index (χ3v) is 15.8. The summed E-state index contributed by atoms with van der Waals surface area (Å²) in [7, 11) is 0. The Bertz CT molecular complexity index is 2400. The van der Waals surface area contributed by atoms with E-state index in [0.29, 0.717) is 29.3 Å². The van der Waals surface area contributed by atoms with Crippen molar-refractivity contribution in [3.63, 3.8) is 0 Å². The van der Waals surface area contributed by atoms with Crippen molar-refractivity contribution >= 4 is 46.4 Å². The molecule has 1 aliphatic carbocycles. The van der Waals surface area contributed by atoms with Gasteiger partial charge in [-0.15, -0.1) is 11.3 Å². The molecule has 1 aromatic heterocycles. The number of aliphatic hydroxyl groups excluding tert-OH is 1. The van der Waals surface area contributed by atoms with Gasteiger partial charge in [0.05, 0.1) is 38.8 Å². The van der Waals surface area contributed by atoms with Gasteiger partial charge in [0.1, 0.15) is 18.2 Å². The molecule has 3 N–H and O–H groups in total. The molecule has 12 heteroatoms. The highest BCUT2D eigenvalue weighted by Gasteiger charge is 2.61. The van der Waals surface area contributed by atoms with Gasteiger partial charge in [-0.05, 0) is 102 Å². The van der Waals surface area contributed by atoms with Crippen molar-refractivity contribution in [3.8, 4) is 16.5 Å². The highest BCUT2D eigenvalue weighted by Crippen LogP contribution is 2.65. The lowest BCUT2D eigenvalue weighted by atomic mass is 9.39. The monoisotopic (exact) mass is 933 g/mol. The van der Waals surface area contributed by atoms with E-state index in [4.69, 9.17) is 11.6 Å². The van der Waals surface area contributed by atoms with Crippen LogP contribution in [-0.2, 0) is 27.2 Å². The molecule has 0 bridgehead atoms. The van der Waals surface area contributed by atoms with E-state index in [-0.39, 0.29) is 65.7 Å². The first-order chi connectivity index (χ1) is 31.1. The lowest BCUT2D eigenvalue weighted by Crippen LogP contribution is -2.60. The highest BCUT2D eigenvalue weighted by molar-refractivity contribution is 7.13. The number of likely N-dealkylation sites (tertiary alicyclic amines) is 1. The van der Waals surface area contributed by atoms with Gasteiger partial charge in [0.25, 0.3) is 0 Å². The number of carbonyl (C=O) groups is 4. The van der Waals surface area contributed by atoms with Crippen molar-refractivity contribution in [3.05, 3.63) is 111 Å². The number of aromatic nitrogens is 1. The Hall–Kier alpha value is -4.89. The minimum Gasteiger partial charge on any atom is -0.391 e. The van der Waals surface area contributed by atoms with Crippen LogP contribution in [-0.4, -0.2) is 63.2 Å². The van der Waals surface area contributed by atoms with Crippen LogP contribution >= 0.6 is 22.9 Å². The normalized spacial score (nSPS) is 20.7. The van der Waals surface area contributed by atoms with Crippen molar-refractivity contribution in [2.75, 3.05) is 6.54 Å². The number of nitriles is 1. The summed E-state index contributed by atoms with van der Waals surface area (Å²) >= 11 is 7.92. The van der Waals surface area contributed by atoms with E-state index in [2.05, 4.69) is 61.5 Å². The second-order valence-corrected chi connectivity index (χ2v) is 22.3. The Kier molecular flexibility index (Phi) is 16.0. The number of nitrogens with zero attached hydrogens (tertiary/aromatic N) is 3. The maximum atomic E-state index is 14.1. The van der Waals surface area contributed by atoms with Crippen LogP contribution < -0.4 is 10.6 Å². The zero-order valence-corrected chi connectivity index (χ0v) is 41.7. The van der Waals surface area contributed by atoms with Crippen LogP contribution in [0.4, 0.5) is 0 Å². The summed E-state index contributed by atoms with van der Waals surface area (Å²) in [5.74, 6) is -0.168. The quantitative estimate of drug-likeness (QED) is 0.0663. The molecule has 3 aromatic carbocycles. The standard InChI is InChI=1S/C54H68ClN5O5S/c1-33(37-22-24-39(25-23-37)48-34(2)57-32-66-48)58-50(64)43-28-41(61)31-60(43)51(65)49(52(3,4)5)59-47(63)15-13-11-10-12-14-35-16-19-38(20-17-35)44(62)29-46-53(6,7)45(54(46,8)9)27-36-18-21-40(30-56)42(55)26-36/h16-26,32-33,41,43,45-46,49,61H,10-15,27-29,31H2,1-9H3,(H,58,64)(H,59,63)/t33-,41+,43?,45?,46?,49+/m0/s1. The van der Waals surface area contributed by atoms with Crippen LogP contribution in [0.5, 0.6) is 0 Å². The van der Waals surface area contributed by atoms with Gasteiger partial charge < -0.3 is 20.6 Å². The molecule has 2 aliphatic rings. The van der Waals surface area contributed by atoms with Crippen molar-refractivity contribution in [2.45, 2.75) is 144 Å². The number of β-amino-alcohol motifs (C(OH)–C–C–N with tert-alkyl or cyclic N) is 1. The fraction of sp³-hybridized carbons (Fsp3) is 0.519. The van der Waals surface area contributed by atoms with E-state index >= 15 is 0 Å². The van der Waals surface area contributed by atoms with Crippen LogP contribution in [0.2, 0.25) is 5.02 Å². The summed E-state index contributed by atoms with van der Waals surface area (Å²) < 4.78 is 0. The molecule has 66 heavy (non-hydrogen) atoms. The Labute approximate surface area is 400 Å². The van der Waals surface area contributed by atoms with Gasteiger partial charge in [-0.2, -0.15) is 5.26 Å². The molecule has 6 rings (SSSR count). The fourth-order valence-electron chi connectivity index (χ4n) is 10.7. The SMILES string of the molecule is Cc1ncsc1-c1ccc([C@H](C)NC(=O)C2C[C@@H](O)CN2C(=O)[C@@H](NC(=O)CCCCCCc2ccc(C(=O)CC3C(C)(C)C(Cc4ccc(C#N)c(Cl)c4)C3(C)C)cc2)C(C)(C)C)cc1. The minimum absolute atomic E-state index is 0.0206. The molecule has 4 atom stereocenters. The predicted molar refractivity (Wildman–Crippen MR) is 263 cm³/mol. The lowest BCUT2D eigenvalue weighted by molar-refractivity contribution is -0.159. The molecule has 3 amide bonds. The zero-order chi connectivity index (χ0) is 48.1. The van der Waals surface area contributed by atoms with Gasteiger partial charge in [0.2, 0.25) is 17.7 Å². The van der Waals surface area contributed by atoms with Crippen molar-refractivity contribution in [2.24, 2.45) is 28.1 Å². The van der Waals surface area contributed by atoms with E-state index in [1.807, 2.05) is 88.7 Å². The number of nitrogens with one attached hydrogen (secondary N) is 2. The molecule has 2 heterocycles. The summed E-state index contributed by atoms with van der Waals surface area (Å²) in [6.07, 6.45) is 5.19. The number of unbranched alkanes of at least 4 members (excludes halogenated alkanes) is 3. The van der Waals surface area contributed by atoms with E-state index in [1.54, 1.807) is 17.4 Å². The summed E-state index contributed by atoms with van der Waals surface area (Å²) in [6.45, 7) is 18.6. The van der Waals surface area contributed by atoms with Crippen LogP contribution in [0.1, 0.15) is 145 Å². The number of aliphatic hydroxyl groups is 1. The third kappa shape index (κ3) is 11.6. The van der Waals surface area contributed by atoms with Gasteiger partial charge in [0.15, 0.2) is 5.78 Å². The topological polar surface area (TPSA) is 152 Å². The molecule has 1 saturated heterocycles. The molecule has 10 nitrogen and oxygen atoms in total. The molecule has 4 aromatic rings. The third-order valence-electron chi connectivity index (χ3n) is 14.5. The molecular weight excluding hydrogens is 866 g/mol. The molecule has 0 spiro atoms. The number of halogens is 1. The minimum atomic E-state index is -0.871. The van der Waals surface area contributed by atoms with Crippen LogP contribution in [0.25, 0.3) is 10.4 Å². The Balaban J connectivity index is 0.925. The lowest BCUT2D eigenvalue weighted by Gasteiger charge is -2.65. The summed E-state index contributed by atoms with van der Waals surface area (Å²) in [6, 6.07) is 21.7. The van der Waals surface area contributed by atoms with Gasteiger partial charge in [-0.3, -0.25) is 19.2 Å². The number of hydrogen-bond donors (Lipinski definition) is 3. The Morgan fingerprint density at radius 2 is 1.58 bits per heavy atom. The maximum Gasteiger partial charge on any atom is 0.246 e. The molecule has 1 unspecified atom stereocenters. The van der Waals surface area contributed by atoms with Gasteiger partial charge >= 0.3 is 0 Å². The number of ketones is 1. The fourth-order valence-corrected chi connectivity index (χ4v) is 11.8. The Morgan fingerprint density at radius 3 is 2.18 bits per heavy atom. The van der Waals surface area contributed by atoms with Crippen molar-refractivity contribution in [1.29, 1.82) is 5.26 Å². The molecule has 352 valence electrons. The first kappa shape index (κ1) is 50.5. The smallest absolute Gasteiger partial charge is 0.246 e. The average Bonchev–Trinajstić information content (AvgIpc) is 3.89. The number of rotatable bonds is 18. The number of Topliss-reactive ketones (excluding diaryl/α,β-unsaturated/α-hetero) is 1. The largest absolute Gasteiger partial charge is 0.391 e. The van der Waals surface area contributed by atoms with Crippen LogP contribution in [0.15, 0.2) is 72.2 Å². The predicted octanol–water partition coefficient (Wildman–Crippen LogP) is 10.6. The van der Waals surface area contributed by atoms with E-state index in [9.17, 15) is 29.5 Å². The highest BCUT2D eigenvalue weighted by atomic mass is 35.5. The summed E-state index contributed by atoms with van der Waals surface area (Å²) in [5, 5.41) is 26.4. The van der Waals surface area contributed by atoms with Crippen LogP contribution in [0.3, 0.4) is 0 Å². The first-order valence-corrected chi connectivity index (χ1v) is 24.8. The summed E-state index contributed by atoms with van der Waals surface area (Å²) in [4.78, 5) is 61.5. The number of thiazole rings is 1. The number of aryl methyl sites for hydroxylation is 2. The molecular formula is C54H68ClN5O5S. The van der Waals surface area contributed by atoms with Crippen LogP contribution in [0, 0.1) is 46.3 Å². The van der Waals surface area contributed by atoms with E-state index in [0.717, 1.165) is 64.9 Å². The first-order valence-electron chi connectivity index (χ1n) is 23.5. The van der Waals surface area contributed by atoms with Gasteiger partial charge in [-0.25, -0.2) is 4.98 Å². The van der Waals surface area contributed by atoms with E-state index < -0.39 is 23.6 Å². The average molecular weight is 935 g/mol. The zero-order valence-electron chi connectivity index (χ0n) is 40.2. The van der Waals surface area contributed by atoms with Gasteiger partial charge in [-0.1, -0.05) is 128 Å². The van der Waals surface area contributed by atoms with E-state index in [1.165, 1.54) is 10.5 Å². The second kappa shape index (κ2) is 21.0. The number of amides is 3. The molecule has 1 saturated carbocycles. The molecule has 1 aliphatic heterocycles. The van der Waals surface area contributed by atoms with Crippen molar-refractivity contribution < 1.29 is 24.3 Å². The molecule has 0 radical (unpaired) electrons. The number of benzene rings is 3. The Morgan fingerprint density at radius 1 is 0.924 bits per heavy atom. The maximum absolute atomic E-state index is 14.1. The number of hydrogen-bond acceptors (Lipinski definition) is 8. The summed E-state index contributed by atoms with van der Waals surface area (Å²) in [5.41, 5.74) is 7.56. The number of carbonyl (C=O) groups excluding carboxylic acids is 4.